The lowest BCUT2D eigenvalue weighted by atomic mass is 9.74. The van der Waals surface area contributed by atoms with E-state index in [2.05, 4.69) is 5.32 Å². The second-order valence-corrected chi connectivity index (χ2v) is 7.79. The zero-order chi connectivity index (χ0) is 19.6. The van der Waals surface area contributed by atoms with Gasteiger partial charge in [-0.3, -0.25) is 4.79 Å². The Bertz CT molecular complexity index is 892. The van der Waals surface area contributed by atoms with Crippen molar-refractivity contribution in [2.24, 2.45) is 0 Å². The van der Waals surface area contributed by atoms with Crippen molar-refractivity contribution >= 4 is 52.0 Å². The number of hydrogen-bond donors (Lipinski definition) is 1. The van der Waals surface area contributed by atoms with Crippen LogP contribution < -0.4 is 5.32 Å². The summed E-state index contributed by atoms with van der Waals surface area (Å²) in [5.41, 5.74) is 0.266. The van der Waals surface area contributed by atoms with Crippen LogP contribution in [0.4, 0.5) is 10.1 Å². The zero-order valence-corrected chi connectivity index (χ0v) is 17.1. The summed E-state index contributed by atoms with van der Waals surface area (Å²) in [6.07, 6.45) is 2.82. The number of thiocarbonyl (C=S) groups is 1. The molecule has 3 nitrogen and oxygen atoms in total. The van der Waals surface area contributed by atoms with Gasteiger partial charge in [0, 0.05) is 29.7 Å². The van der Waals surface area contributed by atoms with Gasteiger partial charge in [0.2, 0.25) is 0 Å². The van der Waals surface area contributed by atoms with Crippen molar-refractivity contribution in [2.45, 2.75) is 31.2 Å². The summed E-state index contributed by atoms with van der Waals surface area (Å²) in [7, 11) is 1.77. The van der Waals surface area contributed by atoms with Crippen molar-refractivity contribution in [1.29, 1.82) is 0 Å². The molecule has 7 heteroatoms. The fourth-order valence-electron chi connectivity index (χ4n) is 3.58. The van der Waals surface area contributed by atoms with Gasteiger partial charge >= 0.3 is 0 Å². The molecule has 0 saturated heterocycles. The average molecular weight is 425 g/mol. The largest absolute Gasteiger partial charge is 0.335 e. The van der Waals surface area contributed by atoms with Crippen LogP contribution in [0.15, 0.2) is 42.5 Å². The minimum absolute atomic E-state index is 0.0369. The van der Waals surface area contributed by atoms with Gasteiger partial charge in [0.1, 0.15) is 11.4 Å². The predicted octanol–water partition coefficient (Wildman–Crippen LogP) is 5.80. The SMILES string of the molecule is CN(C(=S)Nc1ccc(Cl)c(F)c1)C1(c2ccccc2Cl)CCCCC1=O. The van der Waals surface area contributed by atoms with E-state index < -0.39 is 11.4 Å². The number of benzene rings is 2. The maximum atomic E-state index is 13.7. The molecule has 1 unspecified atom stereocenters. The summed E-state index contributed by atoms with van der Waals surface area (Å²) in [5, 5.41) is 3.88. The van der Waals surface area contributed by atoms with Crippen LogP contribution in [0.5, 0.6) is 0 Å². The number of halogens is 3. The van der Waals surface area contributed by atoms with E-state index in [-0.39, 0.29) is 10.8 Å². The third-order valence-electron chi connectivity index (χ3n) is 5.02. The van der Waals surface area contributed by atoms with Gasteiger partial charge in [-0.25, -0.2) is 4.39 Å². The van der Waals surface area contributed by atoms with Gasteiger partial charge in [0.15, 0.2) is 10.9 Å². The Labute approximate surface area is 173 Å². The third kappa shape index (κ3) is 3.82. The minimum atomic E-state index is -0.939. The van der Waals surface area contributed by atoms with E-state index in [1.54, 1.807) is 24.1 Å². The van der Waals surface area contributed by atoms with Crippen LogP contribution in [0.3, 0.4) is 0 Å². The van der Waals surface area contributed by atoms with Gasteiger partial charge in [-0.05, 0) is 55.7 Å². The molecule has 1 atom stereocenters. The van der Waals surface area contributed by atoms with E-state index in [1.807, 2.05) is 18.2 Å². The highest BCUT2D eigenvalue weighted by Crippen LogP contribution is 2.42. The number of rotatable bonds is 3. The Morgan fingerprint density at radius 1 is 1.19 bits per heavy atom. The van der Waals surface area contributed by atoms with E-state index in [0.29, 0.717) is 28.7 Å². The van der Waals surface area contributed by atoms with Gasteiger partial charge in [0.05, 0.1) is 5.02 Å². The highest BCUT2D eigenvalue weighted by molar-refractivity contribution is 7.80. The molecule has 0 bridgehead atoms. The van der Waals surface area contributed by atoms with Crippen LogP contribution in [0.1, 0.15) is 31.2 Å². The number of carbonyl (C=O) groups excluding carboxylic acids is 1. The maximum Gasteiger partial charge on any atom is 0.174 e. The monoisotopic (exact) mass is 424 g/mol. The molecule has 0 heterocycles. The Morgan fingerprint density at radius 3 is 2.59 bits per heavy atom. The maximum absolute atomic E-state index is 13.7. The van der Waals surface area contributed by atoms with E-state index in [9.17, 15) is 9.18 Å². The zero-order valence-electron chi connectivity index (χ0n) is 14.8. The first kappa shape index (κ1) is 20.1. The first-order chi connectivity index (χ1) is 12.9. The smallest absolute Gasteiger partial charge is 0.174 e. The van der Waals surface area contributed by atoms with Gasteiger partial charge in [0.25, 0.3) is 0 Å². The fraction of sp³-hybridized carbons (Fsp3) is 0.300. The molecule has 0 radical (unpaired) electrons. The number of hydrogen-bond acceptors (Lipinski definition) is 2. The third-order valence-corrected chi connectivity index (χ3v) is 6.03. The molecule has 1 aliphatic rings. The molecule has 0 amide bonds. The fourth-order valence-corrected chi connectivity index (χ4v) is 4.27. The highest BCUT2D eigenvalue weighted by atomic mass is 35.5. The second kappa shape index (κ2) is 8.13. The highest BCUT2D eigenvalue weighted by Gasteiger charge is 2.47. The number of anilines is 1. The molecule has 3 rings (SSSR count). The van der Waals surface area contributed by atoms with Crippen molar-refractivity contribution in [3.05, 3.63) is 63.9 Å². The van der Waals surface area contributed by atoms with Crippen LogP contribution in [0, 0.1) is 5.82 Å². The summed E-state index contributed by atoms with van der Waals surface area (Å²) in [5.74, 6) is -0.461. The van der Waals surface area contributed by atoms with Gasteiger partial charge in [-0.1, -0.05) is 41.4 Å². The molecule has 2 aromatic carbocycles. The molecule has 142 valence electrons. The quantitative estimate of drug-likeness (QED) is 0.630. The minimum Gasteiger partial charge on any atom is -0.335 e. The lowest BCUT2D eigenvalue weighted by Crippen LogP contribution is -2.55. The molecule has 1 aliphatic carbocycles. The van der Waals surface area contributed by atoms with Crippen molar-refractivity contribution in [3.63, 3.8) is 0 Å². The Kier molecular flexibility index (Phi) is 6.04. The summed E-state index contributed by atoms with van der Waals surface area (Å²) in [6.45, 7) is 0. The molecule has 1 saturated carbocycles. The van der Waals surface area contributed by atoms with Crippen LogP contribution in [-0.2, 0) is 10.3 Å². The molecule has 0 aromatic heterocycles. The summed E-state index contributed by atoms with van der Waals surface area (Å²) in [4.78, 5) is 14.8. The van der Waals surface area contributed by atoms with Crippen molar-refractivity contribution in [3.8, 4) is 0 Å². The lowest BCUT2D eigenvalue weighted by Gasteiger charge is -2.45. The van der Waals surface area contributed by atoms with Crippen molar-refractivity contribution in [2.75, 3.05) is 12.4 Å². The molecular weight excluding hydrogens is 406 g/mol. The Morgan fingerprint density at radius 2 is 1.93 bits per heavy atom. The summed E-state index contributed by atoms with van der Waals surface area (Å²) < 4.78 is 13.7. The molecule has 27 heavy (non-hydrogen) atoms. The van der Waals surface area contributed by atoms with Crippen LogP contribution >= 0.6 is 35.4 Å². The van der Waals surface area contributed by atoms with Gasteiger partial charge < -0.3 is 10.2 Å². The number of likely N-dealkylation sites (N-methyl/N-ethyl adjacent to an activating group) is 1. The Balaban J connectivity index is 1.97. The van der Waals surface area contributed by atoms with Crippen LogP contribution in [0.2, 0.25) is 10.0 Å². The number of carbonyl (C=O) groups is 1. The van der Waals surface area contributed by atoms with Crippen molar-refractivity contribution < 1.29 is 9.18 Å². The second-order valence-electron chi connectivity index (χ2n) is 6.59. The normalized spacial score (nSPS) is 19.6. The molecular formula is C20H19Cl2FN2OS. The molecule has 0 aliphatic heterocycles. The van der Waals surface area contributed by atoms with E-state index in [1.165, 1.54) is 12.1 Å². The van der Waals surface area contributed by atoms with Crippen LogP contribution in [0.25, 0.3) is 0 Å². The molecule has 2 aromatic rings. The first-order valence-corrected chi connectivity index (χ1v) is 9.81. The van der Waals surface area contributed by atoms with Gasteiger partial charge in [-0.2, -0.15) is 0 Å². The standard InChI is InChI=1S/C20H19Cl2FN2OS/c1-25(19(27)24-13-9-10-16(22)17(23)12-13)20(11-5-4-8-18(20)26)14-6-2-3-7-15(14)21/h2-3,6-7,9-10,12H,4-5,8,11H2,1H3,(H,24,27). The topological polar surface area (TPSA) is 32.3 Å². The van der Waals surface area contributed by atoms with E-state index in [4.69, 9.17) is 35.4 Å². The molecule has 1 N–H and O–H groups in total. The number of nitrogens with zero attached hydrogens (tertiary/aromatic N) is 1. The predicted molar refractivity (Wildman–Crippen MR) is 112 cm³/mol. The summed E-state index contributed by atoms with van der Waals surface area (Å²) in [6, 6.07) is 11.7. The number of nitrogens with one attached hydrogen (secondary N) is 1. The first-order valence-electron chi connectivity index (χ1n) is 8.64. The number of ketones is 1. The lowest BCUT2D eigenvalue weighted by molar-refractivity contribution is -0.131. The number of Topliss-reactive ketones (excluding diaryl/α,β-unsaturated/α-hetero) is 1. The average Bonchev–Trinajstić information content (AvgIpc) is 2.65. The van der Waals surface area contributed by atoms with Crippen molar-refractivity contribution in [1.82, 2.24) is 4.90 Å². The van der Waals surface area contributed by atoms with E-state index >= 15 is 0 Å². The van der Waals surface area contributed by atoms with Gasteiger partial charge in [-0.15, -0.1) is 0 Å². The Hall–Kier alpha value is -1.69. The summed E-state index contributed by atoms with van der Waals surface area (Å²) >= 11 is 17.7. The van der Waals surface area contributed by atoms with E-state index in [0.717, 1.165) is 18.4 Å². The van der Waals surface area contributed by atoms with Crippen LogP contribution in [-0.4, -0.2) is 22.8 Å². The molecule has 1 fully saturated rings. The molecule has 0 spiro atoms.